The largest absolute Gasteiger partial charge is 0.494 e. The van der Waals surface area contributed by atoms with Crippen LogP contribution in [-0.4, -0.2) is 27.1 Å². The van der Waals surface area contributed by atoms with E-state index >= 15 is 0 Å². The minimum atomic E-state index is 0.513. The van der Waals surface area contributed by atoms with Crippen LogP contribution in [0.5, 0.6) is 5.75 Å². The molecule has 0 aliphatic rings. The molecule has 0 saturated heterocycles. The second-order valence-corrected chi connectivity index (χ2v) is 6.19. The molecule has 0 unspecified atom stereocenters. The lowest BCUT2D eigenvalue weighted by Gasteiger charge is -2.04. The zero-order chi connectivity index (χ0) is 16.7. The highest BCUT2D eigenvalue weighted by molar-refractivity contribution is 5.84. The molecular weight excluding hydrogens is 304 g/mol. The average Bonchev–Trinajstić information content (AvgIpc) is 3.18. The van der Waals surface area contributed by atoms with E-state index in [1.165, 1.54) is 0 Å². The van der Waals surface area contributed by atoms with E-state index in [0.717, 1.165) is 28.7 Å². The van der Waals surface area contributed by atoms with Crippen LogP contribution < -0.4 is 4.74 Å². The summed E-state index contributed by atoms with van der Waals surface area (Å²) >= 11 is 0. The van der Waals surface area contributed by atoms with Gasteiger partial charge in [0.2, 0.25) is 5.89 Å². The second-order valence-electron chi connectivity index (χ2n) is 6.19. The Morgan fingerprint density at radius 2 is 2.08 bits per heavy atom. The summed E-state index contributed by atoms with van der Waals surface area (Å²) in [5, 5.41) is 8.50. The molecule has 0 radical (unpaired) electrons. The molecule has 0 spiro atoms. The first kappa shape index (κ1) is 14.7. The number of rotatable bonds is 4. The van der Waals surface area contributed by atoms with Crippen molar-refractivity contribution >= 4 is 22.1 Å². The third-order valence-electron chi connectivity index (χ3n) is 3.90. The summed E-state index contributed by atoms with van der Waals surface area (Å²) in [6.45, 7) is 5.16. The monoisotopic (exact) mass is 322 g/mol. The Hall–Kier alpha value is -2.89. The maximum atomic E-state index is 5.87. The van der Waals surface area contributed by atoms with Gasteiger partial charge in [-0.15, -0.1) is 5.10 Å². The number of methoxy groups -OCH3 is 1. The van der Waals surface area contributed by atoms with E-state index in [2.05, 4.69) is 29.1 Å². The molecule has 0 aliphatic carbocycles. The number of oxazole rings is 1. The molecule has 4 aromatic rings. The highest BCUT2D eigenvalue weighted by atomic mass is 16.5. The summed E-state index contributed by atoms with van der Waals surface area (Å²) in [6, 6.07) is 11.6. The van der Waals surface area contributed by atoms with E-state index in [0.29, 0.717) is 23.1 Å². The van der Waals surface area contributed by atoms with Gasteiger partial charge in [0.15, 0.2) is 11.1 Å². The predicted octanol–water partition coefficient (Wildman–Crippen LogP) is 3.90. The van der Waals surface area contributed by atoms with Crippen molar-refractivity contribution in [1.82, 2.24) is 20.0 Å². The summed E-state index contributed by atoms with van der Waals surface area (Å²) in [6.07, 6.45) is 0. The highest BCUT2D eigenvalue weighted by Crippen LogP contribution is 2.31. The second kappa shape index (κ2) is 5.63. The number of nitrogens with zero attached hydrogens (tertiary/aromatic N) is 4. The van der Waals surface area contributed by atoms with Crippen molar-refractivity contribution in [3.05, 3.63) is 36.4 Å². The van der Waals surface area contributed by atoms with Crippen molar-refractivity contribution in [3.63, 3.8) is 0 Å². The minimum Gasteiger partial charge on any atom is -0.494 e. The third-order valence-corrected chi connectivity index (χ3v) is 3.90. The van der Waals surface area contributed by atoms with E-state index < -0.39 is 0 Å². The molecule has 0 bridgehead atoms. The molecular formula is C18H18N4O2. The Balaban J connectivity index is 1.79. The molecule has 0 atom stereocenters. The molecule has 2 aromatic heterocycles. The van der Waals surface area contributed by atoms with Crippen LogP contribution in [0.15, 0.2) is 40.8 Å². The van der Waals surface area contributed by atoms with E-state index in [-0.39, 0.29) is 0 Å². The third kappa shape index (κ3) is 2.40. The van der Waals surface area contributed by atoms with Crippen molar-refractivity contribution in [2.24, 2.45) is 5.92 Å². The first-order valence-corrected chi connectivity index (χ1v) is 7.93. The number of aromatic nitrogens is 4. The van der Waals surface area contributed by atoms with Crippen LogP contribution in [-0.2, 0) is 6.54 Å². The Labute approximate surface area is 139 Å². The molecule has 0 N–H and O–H groups in total. The van der Waals surface area contributed by atoms with Gasteiger partial charge in [0.1, 0.15) is 11.3 Å². The summed E-state index contributed by atoms with van der Waals surface area (Å²) in [7, 11) is 1.63. The molecule has 0 amide bonds. The first-order valence-electron chi connectivity index (χ1n) is 7.93. The van der Waals surface area contributed by atoms with Gasteiger partial charge in [-0.3, -0.25) is 0 Å². The smallest absolute Gasteiger partial charge is 0.227 e. The Bertz CT molecular complexity index is 1020. The Morgan fingerprint density at radius 1 is 1.21 bits per heavy atom. The van der Waals surface area contributed by atoms with E-state index in [4.69, 9.17) is 9.15 Å². The SMILES string of the molecule is COc1cccc2oc(-c3ccc4c(c3)nnn4CC(C)C)nc12. The van der Waals surface area contributed by atoms with Crippen molar-refractivity contribution in [1.29, 1.82) is 0 Å². The number of para-hydroxylation sites is 1. The van der Waals surface area contributed by atoms with Crippen molar-refractivity contribution < 1.29 is 9.15 Å². The van der Waals surface area contributed by atoms with Gasteiger partial charge in [0.25, 0.3) is 0 Å². The van der Waals surface area contributed by atoms with Gasteiger partial charge in [-0.25, -0.2) is 9.67 Å². The Morgan fingerprint density at radius 3 is 2.88 bits per heavy atom. The normalized spacial score (nSPS) is 11.7. The number of hydrogen-bond donors (Lipinski definition) is 0. The molecule has 0 saturated carbocycles. The first-order chi connectivity index (χ1) is 11.7. The maximum Gasteiger partial charge on any atom is 0.227 e. The standard InChI is InChI=1S/C18H18N4O2/c1-11(2)10-22-14-8-7-12(9-13(14)20-21-22)18-19-17-15(23-3)5-4-6-16(17)24-18/h4-9,11H,10H2,1-3H3. The fourth-order valence-electron chi connectivity index (χ4n) is 2.80. The zero-order valence-corrected chi connectivity index (χ0v) is 13.9. The van der Waals surface area contributed by atoms with Gasteiger partial charge in [0, 0.05) is 12.1 Å². The van der Waals surface area contributed by atoms with E-state index in [1.807, 2.05) is 41.1 Å². The summed E-state index contributed by atoms with van der Waals surface area (Å²) in [5.41, 5.74) is 4.15. The van der Waals surface area contributed by atoms with Gasteiger partial charge < -0.3 is 9.15 Å². The zero-order valence-electron chi connectivity index (χ0n) is 13.9. The molecule has 122 valence electrons. The van der Waals surface area contributed by atoms with Gasteiger partial charge >= 0.3 is 0 Å². The lowest BCUT2D eigenvalue weighted by molar-refractivity contribution is 0.419. The Kier molecular flexibility index (Phi) is 3.45. The molecule has 0 aliphatic heterocycles. The molecule has 2 aromatic carbocycles. The molecule has 2 heterocycles. The topological polar surface area (TPSA) is 66.0 Å². The van der Waals surface area contributed by atoms with Crippen molar-refractivity contribution in [3.8, 4) is 17.2 Å². The number of benzene rings is 2. The molecule has 0 fully saturated rings. The van der Waals surface area contributed by atoms with Crippen molar-refractivity contribution in [2.45, 2.75) is 20.4 Å². The van der Waals surface area contributed by atoms with Crippen LogP contribution in [0.2, 0.25) is 0 Å². The van der Waals surface area contributed by atoms with Gasteiger partial charge in [-0.05, 0) is 36.2 Å². The molecule has 4 rings (SSSR count). The summed E-state index contributed by atoms with van der Waals surface area (Å²) < 4.78 is 13.1. The van der Waals surface area contributed by atoms with Gasteiger partial charge in [0.05, 0.1) is 12.6 Å². The van der Waals surface area contributed by atoms with E-state index in [9.17, 15) is 0 Å². The maximum absolute atomic E-state index is 5.87. The summed E-state index contributed by atoms with van der Waals surface area (Å²) in [4.78, 5) is 4.57. The fraction of sp³-hybridized carbons (Fsp3) is 0.278. The quantitative estimate of drug-likeness (QED) is 0.570. The lowest BCUT2D eigenvalue weighted by Crippen LogP contribution is -2.05. The summed E-state index contributed by atoms with van der Waals surface area (Å²) in [5.74, 6) is 1.76. The number of hydrogen-bond acceptors (Lipinski definition) is 5. The molecule has 6 nitrogen and oxygen atoms in total. The molecule has 24 heavy (non-hydrogen) atoms. The average molecular weight is 322 g/mol. The van der Waals surface area contributed by atoms with Crippen LogP contribution in [0, 0.1) is 5.92 Å². The van der Waals surface area contributed by atoms with Gasteiger partial charge in [-0.2, -0.15) is 0 Å². The lowest BCUT2D eigenvalue weighted by atomic mass is 10.2. The van der Waals surface area contributed by atoms with Crippen LogP contribution in [0.3, 0.4) is 0 Å². The molecule has 6 heteroatoms. The van der Waals surface area contributed by atoms with Crippen molar-refractivity contribution in [2.75, 3.05) is 7.11 Å². The number of ether oxygens (including phenoxy) is 1. The van der Waals surface area contributed by atoms with Gasteiger partial charge in [-0.1, -0.05) is 25.1 Å². The number of fused-ring (bicyclic) bond motifs is 2. The van der Waals surface area contributed by atoms with Crippen LogP contribution >= 0.6 is 0 Å². The minimum absolute atomic E-state index is 0.513. The fourth-order valence-corrected chi connectivity index (χ4v) is 2.80. The van der Waals surface area contributed by atoms with Crippen LogP contribution in [0.4, 0.5) is 0 Å². The predicted molar refractivity (Wildman–Crippen MR) is 91.9 cm³/mol. The highest BCUT2D eigenvalue weighted by Gasteiger charge is 2.14. The van der Waals surface area contributed by atoms with Crippen LogP contribution in [0.25, 0.3) is 33.6 Å². The van der Waals surface area contributed by atoms with Crippen LogP contribution in [0.1, 0.15) is 13.8 Å². The van der Waals surface area contributed by atoms with E-state index in [1.54, 1.807) is 7.11 Å².